The largest absolute Gasteiger partial charge is 0.573 e. The van der Waals surface area contributed by atoms with Gasteiger partial charge in [-0.15, -0.1) is 13.2 Å². The third-order valence-corrected chi connectivity index (χ3v) is 6.14. The van der Waals surface area contributed by atoms with Gasteiger partial charge in [0.2, 0.25) is 0 Å². The van der Waals surface area contributed by atoms with E-state index in [9.17, 15) is 23.2 Å². The van der Waals surface area contributed by atoms with Crippen molar-refractivity contribution < 1.29 is 17.9 Å². The number of hydrogen-bond acceptors (Lipinski definition) is 4. The number of nitriles is 1. The van der Waals surface area contributed by atoms with Crippen LogP contribution in [-0.4, -0.2) is 15.9 Å². The lowest BCUT2D eigenvalue weighted by molar-refractivity contribution is -0.274. The van der Waals surface area contributed by atoms with Crippen LogP contribution in [0.15, 0.2) is 77.6 Å². The normalized spacial score (nSPS) is 11.3. The molecule has 0 amide bonds. The van der Waals surface area contributed by atoms with Crippen LogP contribution in [0.5, 0.6) is 5.75 Å². The van der Waals surface area contributed by atoms with Gasteiger partial charge in [-0.1, -0.05) is 68.4 Å². The zero-order chi connectivity index (χ0) is 27.3. The van der Waals surface area contributed by atoms with Gasteiger partial charge in [0.1, 0.15) is 11.6 Å². The minimum atomic E-state index is -4.80. The molecule has 38 heavy (non-hydrogen) atoms. The second kappa shape index (κ2) is 11.3. The fourth-order valence-corrected chi connectivity index (χ4v) is 4.43. The van der Waals surface area contributed by atoms with Crippen molar-refractivity contribution in [2.24, 2.45) is 0 Å². The van der Waals surface area contributed by atoms with Gasteiger partial charge in [0.05, 0.1) is 29.4 Å². The first-order valence-corrected chi connectivity index (χ1v) is 12.3. The van der Waals surface area contributed by atoms with Gasteiger partial charge >= 0.3 is 6.36 Å². The second-order valence-corrected chi connectivity index (χ2v) is 8.77. The summed E-state index contributed by atoms with van der Waals surface area (Å²) < 4.78 is 43.3. The summed E-state index contributed by atoms with van der Waals surface area (Å²) in [4.78, 5) is 18.6. The fourth-order valence-electron chi connectivity index (χ4n) is 4.43. The van der Waals surface area contributed by atoms with Crippen molar-refractivity contribution in [3.05, 3.63) is 106 Å². The molecule has 4 aromatic rings. The maximum absolute atomic E-state index is 13.9. The number of halogens is 3. The topological polar surface area (TPSA) is 67.9 Å². The quantitative estimate of drug-likeness (QED) is 0.255. The molecule has 0 fully saturated rings. The van der Waals surface area contributed by atoms with Crippen molar-refractivity contribution in [2.75, 3.05) is 0 Å². The summed E-state index contributed by atoms with van der Waals surface area (Å²) in [5.74, 6) is 0.262. The predicted molar refractivity (Wildman–Crippen MR) is 140 cm³/mol. The highest BCUT2D eigenvalue weighted by Crippen LogP contribution is 2.28. The number of ether oxygens (including phenoxy) is 1. The Morgan fingerprint density at radius 1 is 0.974 bits per heavy atom. The van der Waals surface area contributed by atoms with Crippen LogP contribution in [0.2, 0.25) is 0 Å². The number of rotatable bonds is 8. The number of aryl methyl sites for hydroxylation is 2. The molecule has 4 rings (SSSR count). The first-order valence-electron chi connectivity index (χ1n) is 12.3. The first kappa shape index (κ1) is 26.7. The average molecular weight is 518 g/mol. The van der Waals surface area contributed by atoms with Gasteiger partial charge in [0.15, 0.2) is 0 Å². The zero-order valence-electron chi connectivity index (χ0n) is 21.0. The lowest BCUT2D eigenvalue weighted by Gasteiger charge is -2.18. The van der Waals surface area contributed by atoms with Gasteiger partial charge in [-0.25, -0.2) is 4.98 Å². The molecule has 0 radical (unpaired) electrons. The molecule has 0 aliphatic rings. The van der Waals surface area contributed by atoms with Crippen LogP contribution in [0.1, 0.15) is 42.9 Å². The predicted octanol–water partition coefficient (Wildman–Crippen LogP) is 6.91. The van der Waals surface area contributed by atoms with Crippen LogP contribution in [0.25, 0.3) is 22.3 Å². The van der Waals surface area contributed by atoms with Gasteiger partial charge in [-0.2, -0.15) is 5.26 Å². The van der Waals surface area contributed by atoms with E-state index in [2.05, 4.69) is 10.8 Å². The number of benzene rings is 3. The summed E-state index contributed by atoms with van der Waals surface area (Å²) in [6.45, 7) is 4.09. The molecule has 0 unspecified atom stereocenters. The number of hydrogen-bond donors (Lipinski definition) is 0. The van der Waals surface area contributed by atoms with E-state index in [0.29, 0.717) is 41.1 Å². The molecular weight excluding hydrogens is 491 g/mol. The Balaban J connectivity index is 1.78. The van der Waals surface area contributed by atoms with Gasteiger partial charge < -0.3 is 4.74 Å². The van der Waals surface area contributed by atoms with Crippen molar-refractivity contribution in [1.29, 1.82) is 5.26 Å². The van der Waals surface area contributed by atoms with Crippen molar-refractivity contribution in [3.63, 3.8) is 0 Å². The molecule has 0 aliphatic heterocycles. The van der Waals surface area contributed by atoms with E-state index < -0.39 is 6.36 Å². The molecule has 0 bridgehead atoms. The van der Waals surface area contributed by atoms with Crippen LogP contribution in [0.3, 0.4) is 0 Å². The van der Waals surface area contributed by atoms with Crippen LogP contribution in [0, 0.1) is 11.3 Å². The van der Waals surface area contributed by atoms with E-state index in [1.54, 1.807) is 10.6 Å². The minimum Gasteiger partial charge on any atom is -0.406 e. The summed E-state index contributed by atoms with van der Waals surface area (Å²) in [7, 11) is 0. The molecular formula is C30H26F3N3O2. The van der Waals surface area contributed by atoms with E-state index >= 15 is 0 Å². The summed E-state index contributed by atoms with van der Waals surface area (Å²) in [5, 5.41) is 9.81. The molecule has 0 saturated carbocycles. The standard InChI is InChI=1S/C30H26F3N3O2/c1-3-8-27-35-26(4-2)28(22-12-14-24(15-13-22)38-30(31,32)33)29(37)36(27)19-20-11-16-25(23(17-20)18-34)21-9-6-5-7-10-21/h5-7,9-17H,3-4,8,19H2,1-2H3. The average Bonchev–Trinajstić information content (AvgIpc) is 2.90. The minimum absolute atomic E-state index is 0.206. The smallest absolute Gasteiger partial charge is 0.406 e. The molecule has 0 N–H and O–H groups in total. The van der Waals surface area contributed by atoms with Crippen LogP contribution >= 0.6 is 0 Å². The van der Waals surface area contributed by atoms with Crippen LogP contribution in [-0.2, 0) is 19.4 Å². The SMILES string of the molecule is CCCc1nc(CC)c(-c2ccc(OC(F)(F)F)cc2)c(=O)n1Cc1ccc(-c2ccccc2)c(C#N)c1. The summed E-state index contributed by atoms with van der Waals surface area (Å²) in [5.41, 5.74) is 4.10. The zero-order valence-corrected chi connectivity index (χ0v) is 21.0. The molecule has 8 heteroatoms. The molecule has 5 nitrogen and oxygen atoms in total. The van der Waals surface area contributed by atoms with Crippen molar-refractivity contribution in [1.82, 2.24) is 9.55 Å². The highest BCUT2D eigenvalue weighted by atomic mass is 19.4. The summed E-state index contributed by atoms with van der Waals surface area (Å²) in [6, 6.07) is 22.6. The molecule has 194 valence electrons. The van der Waals surface area contributed by atoms with E-state index in [1.807, 2.05) is 56.3 Å². The van der Waals surface area contributed by atoms with Gasteiger partial charge in [-0.3, -0.25) is 9.36 Å². The lowest BCUT2D eigenvalue weighted by atomic mass is 9.98. The van der Waals surface area contributed by atoms with Gasteiger partial charge in [0, 0.05) is 6.42 Å². The van der Waals surface area contributed by atoms with E-state index in [4.69, 9.17) is 4.98 Å². The Labute approximate surface area is 218 Å². The Morgan fingerprint density at radius 2 is 1.68 bits per heavy atom. The van der Waals surface area contributed by atoms with E-state index in [-0.39, 0.29) is 17.9 Å². The number of aromatic nitrogens is 2. The summed E-state index contributed by atoms with van der Waals surface area (Å²) in [6.07, 6.45) is -2.97. The highest BCUT2D eigenvalue weighted by Gasteiger charge is 2.31. The van der Waals surface area contributed by atoms with Gasteiger partial charge in [0.25, 0.3) is 5.56 Å². The maximum atomic E-state index is 13.9. The third kappa shape index (κ3) is 5.94. The van der Waals surface area contributed by atoms with Crippen molar-refractivity contribution >= 4 is 0 Å². The maximum Gasteiger partial charge on any atom is 0.573 e. The molecule has 0 saturated heterocycles. The Hall–Kier alpha value is -4.38. The van der Waals surface area contributed by atoms with Crippen LogP contribution in [0.4, 0.5) is 13.2 Å². The second-order valence-electron chi connectivity index (χ2n) is 8.77. The van der Waals surface area contributed by atoms with Crippen molar-refractivity contribution in [2.45, 2.75) is 46.0 Å². The van der Waals surface area contributed by atoms with Crippen molar-refractivity contribution in [3.8, 4) is 34.1 Å². The monoisotopic (exact) mass is 517 g/mol. The summed E-state index contributed by atoms with van der Waals surface area (Å²) >= 11 is 0. The Morgan fingerprint density at radius 3 is 2.29 bits per heavy atom. The van der Waals surface area contributed by atoms with Gasteiger partial charge in [-0.05, 0) is 53.3 Å². The number of nitrogens with zero attached hydrogens (tertiary/aromatic N) is 3. The molecule has 1 aromatic heterocycles. The Kier molecular flexibility index (Phi) is 7.96. The molecule has 0 aliphatic carbocycles. The van der Waals surface area contributed by atoms with Crippen LogP contribution < -0.4 is 10.3 Å². The first-order chi connectivity index (χ1) is 18.2. The molecule has 0 atom stereocenters. The lowest BCUT2D eigenvalue weighted by Crippen LogP contribution is -2.29. The number of alkyl halides is 3. The fraction of sp³-hybridized carbons (Fsp3) is 0.233. The Bertz CT molecular complexity index is 1520. The van der Waals surface area contributed by atoms with E-state index in [0.717, 1.165) is 23.1 Å². The third-order valence-electron chi connectivity index (χ3n) is 6.14. The molecule has 0 spiro atoms. The molecule has 1 heterocycles. The highest BCUT2D eigenvalue weighted by molar-refractivity contribution is 5.71. The molecule has 3 aromatic carbocycles. The van der Waals surface area contributed by atoms with E-state index in [1.165, 1.54) is 24.3 Å².